The number of nitrogens with zero attached hydrogens (tertiary/aromatic N) is 4. The molecule has 0 aliphatic carbocycles. The highest BCUT2D eigenvalue weighted by molar-refractivity contribution is 6.38. The van der Waals surface area contributed by atoms with Crippen LogP contribution in [-0.2, 0) is 6.54 Å². The Morgan fingerprint density at radius 3 is 3.04 bits per heavy atom. The van der Waals surface area contributed by atoms with Gasteiger partial charge in [-0.15, -0.1) is 5.10 Å². The maximum Gasteiger partial charge on any atom is 0.271 e. The van der Waals surface area contributed by atoms with E-state index in [0.717, 1.165) is 36.8 Å². The monoisotopic (exact) mass is 343 g/mol. The number of amides is 1. The zero-order chi connectivity index (χ0) is 16.5. The van der Waals surface area contributed by atoms with Crippen LogP contribution in [0.15, 0.2) is 36.7 Å². The second-order valence-electron chi connectivity index (χ2n) is 6.24. The van der Waals surface area contributed by atoms with E-state index in [-0.39, 0.29) is 5.91 Å². The first-order valence-electron chi connectivity index (χ1n) is 8.12. The molecular weight excluding hydrogens is 326 g/mol. The summed E-state index contributed by atoms with van der Waals surface area (Å²) in [5, 5.41) is 9.25. The Labute approximate surface area is 144 Å². The van der Waals surface area contributed by atoms with Crippen molar-refractivity contribution in [1.82, 2.24) is 24.9 Å². The predicted molar refractivity (Wildman–Crippen MR) is 92.0 cm³/mol. The number of carbonyl (C=O) groups is 1. The molecule has 1 aromatic carbocycles. The number of likely N-dealkylation sites (tertiary alicyclic amines) is 1. The standard InChI is InChI=1S/C17H18ClN5O/c18-15-13-5-1-2-6-14(13)20-16(15)17(24)22-8-3-4-12(10-22)11-23-9-7-19-21-23/h1-2,5-7,9,12,20H,3-4,8,10-11H2. The van der Waals surface area contributed by atoms with E-state index in [1.165, 1.54) is 0 Å². The van der Waals surface area contributed by atoms with Gasteiger partial charge in [0, 0.05) is 36.7 Å². The summed E-state index contributed by atoms with van der Waals surface area (Å²) in [6, 6.07) is 7.71. The normalized spacial score (nSPS) is 18.2. The molecule has 1 saturated heterocycles. The van der Waals surface area contributed by atoms with Gasteiger partial charge in [0.2, 0.25) is 0 Å². The average Bonchev–Trinajstić information content (AvgIpc) is 3.23. The van der Waals surface area contributed by atoms with Gasteiger partial charge in [-0.3, -0.25) is 9.48 Å². The van der Waals surface area contributed by atoms with E-state index in [2.05, 4.69) is 15.3 Å². The third-order valence-electron chi connectivity index (χ3n) is 4.58. The van der Waals surface area contributed by atoms with Crippen molar-refractivity contribution in [2.45, 2.75) is 19.4 Å². The van der Waals surface area contributed by atoms with Crippen molar-refractivity contribution < 1.29 is 4.79 Å². The lowest BCUT2D eigenvalue weighted by molar-refractivity contribution is 0.0654. The van der Waals surface area contributed by atoms with E-state index in [9.17, 15) is 4.79 Å². The van der Waals surface area contributed by atoms with Crippen LogP contribution in [-0.4, -0.2) is 43.9 Å². The molecule has 1 N–H and O–H groups in total. The van der Waals surface area contributed by atoms with E-state index in [4.69, 9.17) is 11.6 Å². The number of aromatic amines is 1. The fourth-order valence-corrected chi connectivity index (χ4v) is 3.70. The zero-order valence-corrected chi connectivity index (χ0v) is 13.9. The van der Waals surface area contributed by atoms with E-state index in [1.807, 2.05) is 40.0 Å². The highest BCUT2D eigenvalue weighted by Gasteiger charge is 2.27. The molecule has 6 nitrogen and oxygen atoms in total. The van der Waals surface area contributed by atoms with Gasteiger partial charge < -0.3 is 9.88 Å². The summed E-state index contributed by atoms with van der Waals surface area (Å²) >= 11 is 6.42. The van der Waals surface area contributed by atoms with Crippen molar-refractivity contribution >= 4 is 28.4 Å². The van der Waals surface area contributed by atoms with Crippen LogP contribution in [0.5, 0.6) is 0 Å². The fraction of sp³-hybridized carbons (Fsp3) is 0.353. The number of nitrogens with one attached hydrogen (secondary N) is 1. The van der Waals surface area contributed by atoms with Gasteiger partial charge in [0.05, 0.1) is 11.2 Å². The summed E-state index contributed by atoms with van der Waals surface area (Å²) in [7, 11) is 0. The molecule has 24 heavy (non-hydrogen) atoms. The maximum atomic E-state index is 12.9. The van der Waals surface area contributed by atoms with E-state index in [0.29, 0.717) is 23.2 Å². The van der Waals surface area contributed by atoms with Crippen LogP contribution < -0.4 is 0 Å². The van der Waals surface area contributed by atoms with Crippen LogP contribution in [0.25, 0.3) is 10.9 Å². The van der Waals surface area contributed by atoms with Crippen LogP contribution in [0.1, 0.15) is 23.3 Å². The smallest absolute Gasteiger partial charge is 0.271 e. The first-order chi connectivity index (χ1) is 11.7. The number of hydrogen-bond donors (Lipinski definition) is 1. The van der Waals surface area contributed by atoms with Crippen molar-refractivity contribution in [3.63, 3.8) is 0 Å². The molecule has 0 radical (unpaired) electrons. The molecule has 0 spiro atoms. The van der Waals surface area contributed by atoms with Crippen molar-refractivity contribution in [3.05, 3.63) is 47.4 Å². The number of hydrogen-bond acceptors (Lipinski definition) is 3. The quantitative estimate of drug-likeness (QED) is 0.795. The van der Waals surface area contributed by atoms with Gasteiger partial charge in [0.1, 0.15) is 5.69 Å². The number of rotatable bonds is 3. The lowest BCUT2D eigenvalue weighted by atomic mass is 9.98. The Balaban J connectivity index is 1.53. The predicted octanol–water partition coefficient (Wildman–Crippen LogP) is 2.97. The third-order valence-corrected chi connectivity index (χ3v) is 4.97. The summed E-state index contributed by atoms with van der Waals surface area (Å²) < 4.78 is 1.83. The largest absolute Gasteiger partial charge is 0.349 e. The summed E-state index contributed by atoms with van der Waals surface area (Å²) in [6.07, 6.45) is 5.61. The summed E-state index contributed by atoms with van der Waals surface area (Å²) in [4.78, 5) is 18.0. The van der Waals surface area contributed by atoms with Crippen LogP contribution in [0, 0.1) is 5.92 Å². The Morgan fingerprint density at radius 1 is 1.38 bits per heavy atom. The number of fused-ring (bicyclic) bond motifs is 1. The van der Waals surface area contributed by atoms with Gasteiger partial charge in [-0.25, -0.2) is 0 Å². The van der Waals surface area contributed by atoms with Crippen LogP contribution in [0.2, 0.25) is 5.02 Å². The molecule has 1 atom stereocenters. The van der Waals surface area contributed by atoms with Gasteiger partial charge in [0.25, 0.3) is 5.91 Å². The minimum absolute atomic E-state index is 0.0282. The highest BCUT2D eigenvalue weighted by Crippen LogP contribution is 2.29. The average molecular weight is 344 g/mol. The summed E-state index contributed by atoms with van der Waals surface area (Å²) in [5.74, 6) is 0.354. The topological polar surface area (TPSA) is 66.8 Å². The molecule has 3 heterocycles. The molecule has 124 valence electrons. The van der Waals surface area contributed by atoms with E-state index >= 15 is 0 Å². The van der Waals surface area contributed by atoms with Crippen molar-refractivity contribution in [3.8, 4) is 0 Å². The molecule has 1 unspecified atom stereocenters. The lowest BCUT2D eigenvalue weighted by Gasteiger charge is -2.32. The van der Waals surface area contributed by atoms with Crippen LogP contribution in [0.4, 0.5) is 0 Å². The molecule has 1 amide bonds. The van der Waals surface area contributed by atoms with Crippen LogP contribution >= 0.6 is 11.6 Å². The Kier molecular flexibility index (Phi) is 3.98. The number of aromatic nitrogens is 4. The number of H-pyrrole nitrogens is 1. The molecule has 1 aliphatic rings. The minimum atomic E-state index is -0.0282. The Bertz CT molecular complexity index is 857. The molecule has 1 fully saturated rings. The van der Waals surface area contributed by atoms with Crippen LogP contribution in [0.3, 0.4) is 0 Å². The number of carbonyl (C=O) groups excluding carboxylic acids is 1. The van der Waals surface area contributed by atoms with Crippen molar-refractivity contribution in [2.75, 3.05) is 13.1 Å². The van der Waals surface area contributed by atoms with Crippen molar-refractivity contribution in [2.24, 2.45) is 5.92 Å². The third kappa shape index (κ3) is 2.78. The SMILES string of the molecule is O=C(c1[nH]c2ccccc2c1Cl)N1CCCC(Cn2ccnn2)C1. The minimum Gasteiger partial charge on any atom is -0.349 e. The van der Waals surface area contributed by atoms with Gasteiger partial charge in [0.15, 0.2) is 0 Å². The van der Waals surface area contributed by atoms with Gasteiger partial charge in [-0.1, -0.05) is 35.0 Å². The molecule has 7 heteroatoms. The number of halogens is 1. The van der Waals surface area contributed by atoms with E-state index < -0.39 is 0 Å². The summed E-state index contributed by atoms with van der Waals surface area (Å²) in [6.45, 7) is 2.26. The maximum absolute atomic E-state index is 12.9. The first kappa shape index (κ1) is 15.2. The number of benzene rings is 1. The molecule has 0 saturated carbocycles. The second kappa shape index (κ2) is 6.28. The Hall–Kier alpha value is -2.34. The molecule has 1 aliphatic heterocycles. The van der Waals surface area contributed by atoms with E-state index in [1.54, 1.807) is 6.20 Å². The molecule has 4 rings (SSSR count). The number of piperidine rings is 1. The number of para-hydroxylation sites is 1. The molecular formula is C17H18ClN5O. The summed E-state index contributed by atoms with van der Waals surface area (Å²) in [5.41, 5.74) is 1.38. The van der Waals surface area contributed by atoms with Gasteiger partial charge in [-0.05, 0) is 24.8 Å². The fourth-order valence-electron chi connectivity index (χ4n) is 3.41. The highest BCUT2D eigenvalue weighted by atomic mass is 35.5. The van der Waals surface area contributed by atoms with Gasteiger partial charge >= 0.3 is 0 Å². The zero-order valence-electron chi connectivity index (χ0n) is 13.2. The first-order valence-corrected chi connectivity index (χ1v) is 8.50. The Morgan fingerprint density at radius 2 is 2.25 bits per heavy atom. The molecule has 2 aromatic heterocycles. The lowest BCUT2D eigenvalue weighted by Crippen LogP contribution is -2.41. The molecule has 3 aromatic rings. The van der Waals surface area contributed by atoms with Gasteiger partial charge in [-0.2, -0.15) is 0 Å². The molecule has 0 bridgehead atoms. The second-order valence-corrected chi connectivity index (χ2v) is 6.62. The van der Waals surface area contributed by atoms with Crippen molar-refractivity contribution in [1.29, 1.82) is 0 Å².